The Morgan fingerprint density at radius 2 is 1.60 bits per heavy atom. The molecule has 0 spiro atoms. The van der Waals surface area contributed by atoms with Crippen LogP contribution in [0.2, 0.25) is 15.1 Å². The van der Waals surface area contributed by atoms with Gasteiger partial charge in [0.25, 0.3) is 10.0 Å². The Bertz CT molecular complexity index is 1450. The minimum atomic E-state index is -4.18. The molecule has 0 bridgehead atoms. The average molecular weight is 625 g/mol. The first-order chi connectivity index (χ1) is 19.0. The summed E-state index contributed by atoms with van der Waals surface area (Å²) in [5, 5.41) is 3.87. The molecule has 0 aromatic heterocycles. The van der Waals surface area contributed by atoms with Crippen LogP contribution < -0.4 is 9.62 Å². The number of carbonyl (C=O) groups excluding carboxylic acids is 2. The Balaban J connectivity index is 2.08. The molecule has 7 nitrogen and oxygen atoms in total. The first-order valence-corrected chi connectivity index (χ1v) is 15.4. The number of hydrogen-bond donors (Lipinski definition) is 1. The third-order valence-corrected chi connectivity index (χ3v) is 9.26. The van der Waals surface area contributed by atoms with Crippen LogP contribution >= 0.6 is 34.8 Å². The summed E-state index contributed by atoms with van der Waals surface area (Å²) in [5.41, 5.74) is 1.62. The fourth-order valence-corrected chi connectivity index (χ4v) is 6.03. The fourth-order valence-electron chi connectivity index (χ4n) is 4.11. The van der Waals surface area contributed by atoms with Gasteiger partial charge in [-0.15, -0.1) is 0 Å². The van der Waals surface area contributed by atoms with Gasteiger partial charge in [-0.2, -0.15) is 0 Å². The summed E-state index contributed by atoms with van der Waals surface area (Å²) in [5.74, 6) is -0.894. The van der Waals surface area contributed by atoms with E-state index in [0.29, 0.717) is 33.6 Å². The minimum absolute atomic E-state index is 0.0155. The van der Waals surface area contributed by atoms with Gasteiger partial charge in [-0.05, 0) is 67.3 Å². The summed E-state index contributed by atoms with van der Waals surface area (Å²) in [6.45, 7) is 5.42. The number of nitrogens with one attached hydrogen (secondary N) is 1. The Hall–Kier alpha value is -2.78. The first kappa shape index (κ1) is 31.7. The molecule has 3 rings (SSSR count). The van der Waals surface area contributed by atoms with Crippen molar-refractivity contribution >= 4 is 62.3 Å². The van der Waals surface area contributed by atoms with Crippen molar-refractivity contribution < 1.29 is 18.0 Å². The van der Waals surface area contributed by atoms with Crippen LogP contribution in [0.5, 0.6) is 0 Å². The number of hydrogen-bond acceptors (Lipinski definition) is 4. The van der Waals surface area contributed by atoms with Crippen LogP contribution in [0.4, 0.5) is 5.69 Å². The van der Waals surface area contributed by atoms with E-state index in [9.17, 15) is 18.0 Å². The zero-order valence-electron chi connectivity index (χ0n) is 22.5. The maximum Gasteiger partial charge on any atom is 0.264 e. The second-order valence-corrected chi connectivity index (χ2v) is 12.3. The van der Waals surface area contributed by atoms with Crippen LogP contribution in [-0.2, 0) is 26.2 Å². The zero-order chi connectivity index (χ0) is 29.4. The summed E-state index contributed by atoms with van der Waals surface area (Å²) < 4.78 is 28.7. The second kappa shape index (κ2) is 14.2. The van der Waals surface area contributed by atoms with Gasteiger partial charge in [0, 0.05) is 18.1 Å². The molecule has 40 heavy (non-hydrogen) atoms. The standard InChI is InChI=1S/C29H32Cl3N3O4S/c1-4-15-33-29(37)27(5-2)34(18-21-12-14-24(30)26(32)16-21)28(36)19-35(22-13-11-20(3)25(31)17-22)40(38,39)23-9-7-6-8-10-23/h6-14,16-17,27H,4-5,15,18-19H2,1-3H3,(H,33,37). The van der Waals surface area contributed by atoms with E-state index in [1.165, 1.54) is 23.1 Å². The lowest BCUT2D eigenvalue weighted by Gasteiger charge is -2.33. The third-order valence-electron chi connectivity index (χ3n) is 6.33. The average Bonchev–Trinajstić information content (AvgIpc) is 2.94. The molecule has 11 heteroatoms. The number of rotatable bonds is 12. The molecule has 0 aliphatic rings. The van der Waals surface area contributed by atoms with Crippen LogP contribution in [0.3, 0.4) is 0 Å². The van der Waals surface area contributed by atoms with E-state index < -0.39 is 28.5 Å². The van der Waals surface area contributed by atoms with Crippen molar-refractivity contribution in [3.63, 3.8) is 0 Å². The van der Waals surface area contributed by atoms with E-state index in [1.54, 1.807) is 62.4 Å². The maximum atomic E-state index is 14.0. The van der Waals surface area contributed by atoms with Gasteiger partial charge in [-0.3, -0.25) is 13.9 Å². The molecule has 2 amide bonds. The lowest BCUT2D eigenvalue weighted by molar-refractivity contribution is -0.140. The smallest absolute Gasteiger partial charge is 0.264 e. The van der Waals surface area contributed by atoms with E-state index in [4.69, 9.17) is 34.8 Å². The molecule has 0 saturated heterocycles. The molecule has 3 aromatic carbocycles. The molecule has 3 aromatic rings. The predicted octanol–water partition coefficient (Wildman–Crippen LogP) is 6.48. The molecular weight excluding hydrogens is 593 g/mol. The molecule has 0 saturated carbocycles. The van der Waals surface area contributed by atoms with Gasteiger partial charge in [-0.1, -0.05) is 79.0 Å². The zero-order valence-corrected chi connectivity index (χ0v) is 25.6. The highest BCUT2D eigenvalue weighted by Gasteiger charge is 2.33. The number of anilines is 1. The second-order valence-electron chi connectivity index (χ2n) is 9.24. The van der Waals surface area contributed by atoms with Crippen molar-refractivity contribution in [2.45, 2.75) is 51.1 Å². The summed E-state index contributed by atoms with van der Waals surface area (Å²) >= 11 is 18.7. The van der Waals surface area contributed by atoms with Crippen LogP contribution in [0.25, 0.3) is 0 Å². The molecule has 0 fully saturated rings. The van der Waals surface area contributed by atoms with Gasteiger partial charge in [0.15, 0.2) is 0 Å². The van der Waals surface area contributed by atoms with Crippen molar-refractivity contribution in [3.05, 3.63) is 92.9 Å². The number of carbonyl (C=O) groups is 2. The highest BCUT2D eigenvalue weighted by atomic mass is 35.5. The molecule has 0 radical (unpaired) electrons. The van der Waals surface area contributed by atoms with E-state index in [0.717, 1.165) is 16.3 Å². The lowest BCUT2D eigenvalue weighted by atomic mass is 10.1. The molecule has 0 aliphatic heterocycles. The Kier molecular flexibility index (Phi) is 11.3. The number of aryl methyl sites for hydroxylation is 1. The van der Waals surface area contributed by atoms with Crippen molar-refractivity contribution in [1.29, 1.82) is 0 Å². The number of benzene rings is 3. The minimum Gasteiger partial charge on any atom is -0.354 e. The highest BCUT2D eigenvalue weighted by Crippen LogP contribution is 2.29. The van der Waals surface area contributed by atoms with Gasteiger partial charge in [0.2, 0.25) is 11.8 Å². The third kappa shape index (κ3) is 7.69. The molecule has 1 atom stereocenters. The van der Waals surface area contributed by atoms with E-state index in [-0.39, 0.29) is 23.0 Å². The van der Waals surface area contributed by atoms with Gasteiger partial charge in [-0.25, -0.2) is 8.42 Å². The quantitative estimate of drug-likeness (QED) is 0.250. The summed E-state index contributed by atoms with van der Waals surface area (Å²) in [6, 6.07) is 16.7. The highest BCUT2D eigenvalue weighted by molar-refractivity contribution is 7.92. The number of halogens is 3. The number of sulfonamides is 1. The van der Waals surface area contributed by atoms with E-state index in [2.05, 4.69) is 5.32 Å². The predicted molar refractivity (Wildman–Crippen MR) is 162 cm³/mol. The normalized spacial score (nSPS) is 12.1. The molecule has 214 valence electrons. The number of amides is 2. The Morgan fingerprint density at radius 1 is 0.900 bits per heavy atom. The lowest BCUT2D eigenvalue weighted by Crippen LogP contribution is -2.52. The number of nitrogens with zero attached hydrogens (tertiary/aromatic N) is 2. The molecular formula is C29H32Cl3N3O4S. The van der Waals surface area contributed by atoms with Gasteiger partial charge >= 0.3 is 0 Å². The van der Waals surface area contributed by atoms with E-state index >= 15 is 0 Å². The van der Waals surface area contributed by atoms with Crippen molar-refractivity contribution in [3.8, 4) is 0 Å². The van der Waals surface area contributed by atoms with Gasteiger partial charge in [0.1, 0.15) is 12.6 Å². The van der Waals surface area contributed by atoms with Crippen LogP contribution in [0.15, 0.2) is 71.6 Å². The molecule has 1 unspecified atom stereocenters. The largest absolute Gasteiger partial charge is 0.354 e. The fraction of sp³-hybridized carbons (Fsp3) is 0.310. The monoisotopic (exact) mass is 623 g/mol. The topological polar surface area (TPSA) is 86.8 Å². The molecule has 0 heterocycles. The summed E-state index contributed by atoms with van der Waals surface area (Å²) in [7, 11) is -4.18. The summed E-state index contributed by atoms with van der Waals surface area (Å²) in [4.78, 5) is 28.6. The maximum absolute atomic E-state index is 14.0. The molecule has 0 aliphatic carbocycles. The first-order valence-electron chi connectivity index (χ1n) is 12.8. The summed E-state index contributed by atoms with van der Waals surface area (Å²) in [6.07, 6.45) is 1.03. The van der Waals surface area contributed by atoms with Crippen molar-refractivity contribution in [1.82, 2.24) is 10.2 Å². The van der Waals surface area contributed by atoms with Gasteiger partial charge < -0.3 is 10.2 Å². The van der Waals surface area contributed by atoms with E-state index in [1.807, 2.05) is 6.92 Å². The van der Waals surface area contributed by atoms with Gasteiger partial charge in [0.05, 0.1) is 20.6 Å². The van der Waals surface area contributed by atoms with Crippen molar-refractivity contribution in [2.24, 2.45) is 0 Å². The Morgan fingerprint density at radius 3 is 2.20 bits per heavy atom. The van der Waals surface area contributed by atoms with Crippen LogP contribution in [-0.4, -0.2) is 44.3 Å². The Labute approximate surface area is 251 Å². The van der Waals surface area contributed by atoms with Crippen LogP contribution in [0.1, 0.15) is 37.8 Å². The van der Waals surface area contributed by atoms with Crippen molar-refractivity contribution in [2.75, 3.05) is 17.4 Å². The van der Waals surface area contributed by atoms with Crippen LogP contribution in [0, 0.1) is 6.92 Å². The molecule has 1 N–H and O–H groups in total. The SMILES string of the molecule is CCCNC(=O)C(CC)N(Cc1ccc(Cl)c(Cl)c1)C(=O)CN(c1ccc(C)c(Cl)c1)S(=O)(=O)c1ccccc1.